The second-order valence-corrected chi connectivity index (χ2v) is 7.09. The van der Waals surface area contributed by atoms with Crippen LogP contribution in [0.1, 0.15) is 18.4 Å². The Morgan fingerprint density at radius 2 is 2.00 bits per heavy atom. The molecule has 0 atom stereocenters. The minimum absolute atomic E-state index is 0.0972. The van der Waals surface area contributed by atoms with Crippen molar-refractivity contribution in [3.8, 4) is 6.07 Å². The maximum absolute atomic E-state index is 11.3. The van der Waals surface area contributed by atoms with Gasteiger partial charge in [0.15, 0.2) is 0 Å². The highest BCUT2D eigenvalue weighted by atomic mass is 35.5. The van der Waals surface area contributed by atoms with E-state index in [1.165, 1.54) is 0 Å². The van der Waals surface area contributed by atoms with Crippen molar-refractivity contribution in [2.45, 2.75) is 18.9 Å². The minimum atomic E-state index is -2.86. The molecule has 1 aliphatic rings. The van der Waals surface area contributed by atoms with Gasteiger partial charge in [-0.05, 0) is 31.0 Å². The predicted molar refractivity (Wildman–Crippen MR) is 71.5 cm³/mol. The smallest absolute Gasteiger partial charge is 0.150 e. The first-order valence-corrected chi connectivity index (χ1v) is 7.87. The molecule has 1 aliphatic heterocycles. The van der Waals surface area contributed by atoms with Crippen LogP contribution in [0.15, 0.2) is 18.2 Å². The fraction of sp³-hybridized carbons (Fsp3) is 0.417. The van der Waals surface area contributed by atoms with Gasteiger partial charge in [-0.25, -0.2) is 8.42 Å². The van der Waals surface area contributed by atoms with Crippen LogP contribution in [0.3, 0.4) is 0 Å². The Hall–Kier alpha value is -1.25. The van der Waals surface area contributed by atoms with Crippen molar-refractivity contribution in [3.63, 3.8) is 0 Å². The molecule has 0 bridgehead atoms. The van der Waals surface area contributed by atoms with E-state index < -0.39 is 9.84 Å². The van der Waals surface area contributed by atoms with Crippen LogP contribution in [0.4, 0.5) is 5.69 Å². The zero-order valence-electron chi connectivity index (χ0n) is 9.69. The molecule has 0 aliphatic carbocycles. The molecule has 0 radical (unpaired) electrons. The average molecular weight is 285 g/mol. The molecular formula is C12H13ClN2O2S. The minimum Gasteiger partial charge on any atom is -0.381 e. The lowest BCUT2D eigenvalue weighted by molar-refractivity contribution is 0.559. The first-order chi connectivity index (χ1) is 8.50. The fourth-order valence-corrected chi connectivity index (χ4v) is 3.62. The van der Waals surface area contributed by atoms with Gasteiger partial charge in [0.2, 0.25) is 0 Å². The zero-order valence-corrected chi connectivity index (χ0v) is 11.3. The molecule has 18 heavy (non-hydrogen) atoms. The standard InChI is InChI=1S/C12H13ClN2O2S/c13-11-2-1-9(8-14)7-12(11)15-10-3-5-18(16,17)6-4-10/h1-2,7,10,15H,3-6H2. The average Bonchev–Trinajstić information content (AvgIpc) is 2.34. The Labute approximate surface area is 111 Å². The van der Waals surface area contributed by atoms with Crippen LogP contribution in [-0.2, 0) is 9.84 Å². The highest BCUT2D eigenvalue weighted by Gasteiger charge is 2.23. The van der Waals surface area contributed by atoms with Gasteiger partial charge in [-0.15, -0.1) is 0 Å². The number of anilines is 1. The van der Waals surface area contributed by atoms with Crippen molar-refractivity contribution in [2.75, 3.05) is 16.8 Å². The van der Waals surface area contributed by atoms with E-state index in [4.69, 9.17) is 16.9 Å². The number of nitriles is 1. The van der Waals surface area contributed by atoms with E-state index in [1.54, 1.807) is 18.2 Å². The Morgan fingerprint density at radius 3 is 2.61 bits per heavy atom. The van der Waals surface area contributed by atoms with Gasteiger partial charge in [-0.3, -0.25) is 0 Å². The molecule has 1 heterocycles. The lowest BCUT2D eigenvalue weighted by Crippen LogP contribution is -2.32. The highest BCUT2D eigenvalue weighted by molar-refractivity contribution is 7.91. The van der Waals surface area contributed by atoms with Gasteiger partial charge in [0, 0.05) is 6.04 Å². The molecule has 1 fully saturated rings. The maximum Gasteiger partial charge on any atom is 0.150 e. The summed E-state index contributed by atoms with van der Waals surface area (Å²) < 4.78 is 22.6. The van der Waals surface area contributed by atoms with Gasteiger partial charge in [0.05, 0.1) is 33.8 Å². The summed E-state index contributed by atoms with van der Waals surface area (Å²) in [4.78, 5) is 0. The lowest BCUT2D eigenvalue weighted by Gasteiger charge is -2.24. The monoisotopic (exact) mass is 284 g/mol. The number of rotatable bonds is 2. The Kier molecular flexibility index (Phi) is 3.79. The van der Waals surface area contributed by atoms with E-state index in [0.717, 1.165) is 0 Å². The van der Waals surface area contributed by atoms with E-state index >= 15 is 0 Å². The van der Waals surface area contributed by atoms with Crippen LogP contribution in [0.5, 0.6) is 0 Å². The predicted octanol–water partition coefficient (Wildman–Crippen LogP) is 2.20. The molecule has 1 aromatic carbocycles. The molecule has 1 N–H and O–H groups in total. The van der Waals surface area contributed by atoms with Crippen LogP contribution in [0, 0.1) is 11.3 Å². The number of hydrogen-bond donors (Lipinski definition) is 1. The van der Waals surface area contributed by atoms with Crippen LogP contribution >= 0.6 is 11.6 Å². The Balaban J connectivity index is 2.09. The molecule has 1 saturated heterocycles. The second kappa shape index (κ2) is 5.17. The number of hydrogen-bond acceptors (Lipinski definition) is 4. The number of sulfone groups is 1. The third-order valence-electron chi connectivity index (χ3n) is 3.01. The molecule has 96 valence electrons. The van der Waals surface area contributed by atoms with Crippen molar-refractivity contribution in [3.05, 3.63) is 28.8 Å². The summed E-state index contributed by atoms with van der Waals surface area (Å²) in [5.41, 5.74) is 1.23. The van der Waals surface area contributed by atoms with Gasteiger partial charge in [0.1, 0.15) is 9.84 Å². The largest absolute Gasteiger partial charge is 0.381 e. The lowest BCUT2D eigenvalue weighted by atomic mass is 10.1. The first kappa shape index (κ1) is 13.2. The van der Waals surface area contributed by atoms with E-state index in [0.29, 0.717) is 29.1 Å². The molecule has 2 rings (SSSR count). The number of nitrogens with zero attached hydrogens (tertiary/aromatic N) is 1. The number of benzene rings is 1. The van der Waals surface area contributed by atoms with Crippen molar-refractivity contribution in [1.82, 2.24) is 0 Å². The van der Waals surface area contributed by atoms with Gasteiger partial charge in [-0.1, -0.05) is 11.6 Å². The third-order valence-corrected chi connectivity index (χ3v) is 5.05. The highest BCUT2D eigenvalue weighted by Crippen LogP contribution is 2.26. The summed E-state index contributed by atoms with van der Waals surface area (Å²) in [6.07, 6.45) is 1.16. The molecule has 0 saturated carbocycles. The van der Waals surface area contributed by atoms with E-state index in [2.05, 4.69) is 11.4 Å². The summed E-state index contributed by atoms with van der Waals surface area (Å²) in [6.45, 7) is 0. The topological polar surface area (TPSA) is 70.0 Å². The van der Waals surface area contributed by atoms with Crippen molar-refractivity contribution >= 4 is 27.1 Å². The zero-order chi connectivity index (χ0) is 13.2. The van der Waals surface area contributed by atoms with Crippen LogP contribution in [0.25, 0.3) is 0 Å². The molecular weight excluding hydrogens is 272 g/mol. The van der Waals surface area contributed by atoms with Crippen LogP contribution < -0.4 is 5.32 Å². The summed E-state index contributed by atoms with van der Waals surface area (Å²) in [6, 6.07) is 7.15. The summed E-state index contributed by atoms with van der Waals surface area (Å²) in [5.74, 6) is 0.417. The van der Waals surface area contributed by atoms with Crippen LogP contribution in [0.2, 0.25) is 5.02 Å². The number of halogens is 1. The van der Waals surface area contributed by atoms with Crippen molar-refractivity contribution in [2.24, 2.45) is 0 Å². The Bertz CT molecular complexity index is 579. The molecule has 6 heteroatoms. The SMILES string of the molecule is N#Cc1ccc(Cl)c(NC2CCS(=O)(=O)CC2)c1. The van der Waals surface area contributed by atoms with E-state index in [1.807, 2.05) is 0 Å². The Morgan fingerprint density at radius 1 is 1.33 bits per heavy atom. The van der Waals surface area contributed by atoms with Crippen molar-refractivity contribution < 1.29 is 8.42 Å². The molecule has 0 spiro atoms. The summed E-state index contributed by atoms with van der Waals surface area (Å²) >= 11 is 6.04. The molecule has 0 aromatic heterocycles. The van der Waals surface area contributed by atoms with Gasteiger partial charge >= 0.3 is 0 Å². The maximum atomic E-state index is 11.3. The number of nitrogens with one attached hydrogen (secondary N) is 1. The van der Waals surface area contributed by atoms with Gasteiger partial charge in [-0.2, -0.15) is 5.26 Å². The second-order valence-electron chi connectivity index (χ2n) is 4.38. The van der Waals surface area contributed by atoms with E-state index in [-0.39, 0.29) is 17.5 Å². The van der Waals surface area contributed by atoms with Crippen LogP contribution in [-0.4, -0.2) is 26.0 Å². The van der Waals surface area contributed by atoms with Gasteiger partial charge < -0.3 is 5.32 Å². The summed E-state index contributed by atoms with van der Waals surface area (Å²) in [5, 5.41) is 12.6. The van der Waals surface area contributed by atoms with Gasteiger partial charge in [0.25, 0.3) is 0 Å². The quantitative estimate of drug-likeness (QED) is 0.904. The molecule has 1 aromatic rings. The molecule has 0 unspecified atom stereocenters. The normalized spacial score (nSPS) is 19.1. The third kappa shape index (κ3) is 3.15. The summed E-state index contributed by atoms with van der Waals surface area (Å²) in [7, 11) is -2.86. The molecule has 4 nitrogen and oxygen atoms in total. The fourth-order valence-electron chi connectivity index (χ4n) is 1.96. The van der Waals surface area contributed by atoms with Crippen molar-refractivity contribution in [1.29, 1.82) is 5.26 Å². The molecule has 0 amide bonds. The first-order valence-electron chi connectivity index (χ1n) is 5.67. The van der Waals surface area contributed by atoms with E-state index in [9.17, 15) is 8.42 Å².